The second kappa shape index (κ2) is 9.31. The molecule has 0 bridgehead atoms. The highest BCUT2D eigenvalue weighted by atomic mass is 16.5. The highest BCUT2D eigenvalue weighted by molar-refractivity contribution is 5.78. The first-order valence-corrected chi connectivity index (χ1v) is 9.48. The quantitative estimate of drug-likeness (QED) is 0.747. The number of hydrogen-bond donors (Lipinski definition) is 0. The van der Waals surface area contributed by atoms with Gasteiger partial charge in [-0.2, -0.15) is 0 Å². The van der Waals surface area contributed by atoms with Crippen LogP contribution in [-0.4, -0.2) is 43.7 Å². The Hall–Kier alpha value is -2.69. The Labute approximate surface area is 160 Å². The van der Waals surface area contributed by atoms with Crippen molar-refractivity contribution in [1.82, 2.24) is 4.90 Å². The van der Waals surface area contributed by atoms with Gasteiger partial charge >= 0.3 is 0 Å². The van der Waals surface area contributed by atoms with Gasteiger partial charge in [-0.05, 0) is 36.2 Å². The largest absolute Gasteiger partial charge is 0.493 e. The van der Waals surface area contributed by atoms with Crippen molar-refractivity contribution in [3.8, 4) is 17.2 Å². The Kier molecular flexibility index (Phi) is 6.58. The summed E-state index contributed by atoms with van der Waals surface area (Å²) in [5, 5.41) is 0. The molecule has 1 saturated heterocycles. The predicted octanol–water partition coefficient (Wildman–Crippen LogP) is 3.71. The maximum Gasteiger partial charge on any atom is 0.260 e. The van der Waals surface area contributed by atoms with E-state index in [1.807, 2.05) is 35.2 Å². The van der Waals surface area contributed by atoms with Crippen LogP contribution in [0.1, 0.15) is 25.3 Å². The van der Waals surface area contributed by atoms with E-state index in [2.05, 4.69) is 19.1 Å². The lowest BCUT2D eigenvalue weighted by atomic mass is 10.1. The van der Waals surface area contributed by atoms with E-state index >= 15 is 0 Å². The van der Waals surface area contributed by atoms with Crippen LogP contribution in [0.2, 0.25) is 0 Å². The summed E-state index contributed by atoms with van der Waals surface area (Å²) in [5.41, 5.74) is 1.27. The van der Waals surface area contributed by atoms with Crippen LogP contribution >= 0.6 is 0 Å². The highest BCUT2D eigenvalue weighted by Crippen LogP contribution is 2.26. The van der Waals surface area contributed by atoms with E-state index < -0.39 is 0 Å². The molecule has 5 heteroatoms. The molecule has 1 aliphatic heterocycles. The van der Waals surface area contributed by atoms with Crippen molar-refractivity contribution in [2.45, 2.75) is 32.3 Å². The van der Waals surface area contributed by atoms with Crippen LogP contribution in [0.5, 0.6) is 17.2 Å². The molecule has 0 aliphatic carbocycles. The van der Waals surface area contributed by atoms with E-state index in [1.165, 1.54) is 5.56 Å². The van der Waals surface area contributed by atoms with Gasteiger partial charge in [0.05, 0.1) is 7.11 Å². The number of piperidine rings is 1. The van der Waals surface area contributed by atoms with E-state index in [0.717, 1.165) is 25.0 Å². The average molecular weight is 369 g/mol. The average Bonchev–Trinajstić information content (AvgIpc) is 2.73. The highest BCUT2D eigenvalue weighted by Gasteiger charge is 2.24. The maximum absolute atomic E-state index is 12.4. The molecule has 1 heterocycles. The minimum atomic E-state index is -0.00710. The Morgan fingerprint density at radius 1 is 1.07 bits per heavy atom. The standard InChI is InChI=1S/C22H27NO4/c1-3-17-7-6-8-19(15-17)27-18-11-13-23(14-12-18)22(24)16-26-21-10-5-4-9-20(21)25-2/h4-10,15,18H,3,11-14,16H2,1-2H3. The van der Waals surface area contributed by atoms with Crippen LogP contribution in [0.15, 0.2) is 48.5 Å². The molecule has 0 unspecified atom stereocenters. The number of para-hydroxylation sites is 2. The Morgan fingerprint density at radius 3 is 2.52 bits per heavy atom. The second-order valence-electron chi connectivity index (χ2n) is 6.64. The molecule has 2 aromatic rings. The fraction of sp³-hybridized carbons (Fsp3) is 0.409. The van der Waals surface area contributed by atoms with E-state index in [0.29, 0.717) is 24.6 Å². The van der Waals surface area contributed by atoms with Crippen LogP contribution in [0.4, 0.5) is 0 Å². The Bertz CT molecular complexity index is 753. The van der Waals surface area contributed by atoms with Crippen LogP contribution in [-0.2, 0) is 11.2 Å². The summed E-state index contributed by atoms with van der Waals surface area (Å²) in [6, 6.07) is 15.6. The minimum Gasteiger partial charge on any atom is -0.493 e. The lowest BCUT2D eigenvalue weighted by Gasteiger charge is -2.32. The molecule has 1 fully saturated rings. The number of amides is 1. The zero-order chi connectivity index (χ0) is 19.1. The third-order valence-electron chi connectivity index (χ3n) is 4.82. The summed E-state index contributed by atoms with van der Waals surface area (Å²) in [6.07, 6.45) is 2.81. The second-order valence-corrected chi connectivity index (χ2v) is 6.64. The number of aryl methyl sites for hydroxylation is 1. The first-order chi connectivity index (χ1) is 13.2. The van der Waals surface area contributed by atoms with E-state index in [9.17, 15) is 4.79 Å². The molecule has 0 saturated carbocycles. The third-order valence-corrected chi connectivity index (χ3v) is 4.82. The fourth-order valence-corrected chi connectivity index (χ4v) is 3.22. The molecule has 0 N–H and O–H groups in total. The van der Waals surface area contributed by atoms with Gasteiger partial charge in [-0.15, -0.1) is 0 Å². The molecule has 27 heavy (non-hydrogen) atoms. The number of carbonyl (C=O) groups is 1. The first-order valence-electron chi connectivity index (χ1n) is 9.48. The van der Waals surface area contributed by atoms with Crippen molar-refractivity contribution in [3.63, 3.8) is 0 Å². The molecular formula is C22H27NO4. The monoisotopic (exact) mass is 369 g/mol. The van der Waals surface area contributed by atoms with Crippen LogP contribution in [0.25, 0.3) is 0 Å². The number of hydrogen-bond acceptors (Lipinski definition) is 4. The van der Waals surface area contributed by atoms with Gasteiger partial charge in [0.2, 0.25) is 0 Å². The van der Waals surface area contributed by atoms with Crippen LogP contribution < -0.4 is 14.2 Å². The summed E-state index contributed by atoms with van der Waals surface area (Å²) in [4.78, 5) is 14.3. The zero-order valence-corrected chi connectivity index (χ0v) is 16.0. The lowest BCUT2D eigenvalue weighted by Crippen LogP contribution is -2.43. The molecule has 144 valence electrons. The van der Waals surface area contributed by atoms with E-state index in [1.54, 1.807) is 13.2 Å². The molecule has 2 aromatic carbocycles. The van der Waals surface area contributed by atoms with Gasteiger partial charge < -0.3 is 19.1 Å². The summed E-state index contributed by atoms with van der Waals surface area (Å²) >= 11 is 0. The lowest BCUT2D eigenvalue weighted by molar-refractivity contribution is -0.135. The van der Waals surface area contributed by atoms with Gasteiger partial charge in [0, 0.05) is 25.9 Å². The topological polar surface area (TPSA) is 48.0 Å². The first kappa shape index (κ1) is 19.1. The minimum absolute atomic E-state index is 0.00710. The SMILES string of the molecule is CCc1cccc(OC2CCN(C(=O)COc3ccccc3OC)CC2)c1. The predicted molar refractivity (Wildman–Crippen MR) is 105 cm³/mol. The van der Waals surface area contributed by atoms with Crippen LogP contribution in [0.3, 0.4) is 0 Å². The van der Waals surface area contributed by atoms with Gasteiger partial charge in [0.15, 0.2) is 18.1 Å². The zero-order valence-electron chi connectivity index (χ0n) is 16.0. The number of likely N-dealkylation sites (tertiary alicyclic amines) is 1. The third kappa shape index (κ3) is 5.16. The molecule has 0 aromatic heterocycles. The molecular weight excluding hydrogens is 342 g/mol. The van der Waals surface area contributed by atoms with Crippen molar-refractivity contribution >= 4 is 5.91 Å². The molecule has 0 atom stereocenters. The number of carbonyl (C=O) groups excluding carboxylic acids is 1. The smallest absolute Gasteiger partial charge is 0.260 e. The summed E-state index contributed by atoms with van der Waals surface area (Å²) in [6.45, 7) is 3.53. The van der Waals surface area contributed by atoms with E-state index in [4.69, 9.17) is 14.2 Å². The van der Waals surface area contributed by atoms with Crippen molar-refractivity contribution in [3.05, 3.63) is 54.1 Å². The molecule has 3 rings (SSSR count). The number of ether oxygens (including phenoxy) is 3. The number of nitrogens with zero attached hydrogens (tertiary/aromatic N) is 1. The van der Waals surface area contributed by atoms with Crippen molar-refractivity contribution in [2.24, 2.45) is 0 Å². The summed E-state index contributed by atoms with van der Waals surface area (Å²) in [5.74, 6) is 2.13. The number of methoxy groups -OCH3 is 1. The number of benzene rings is 2. The van der Waals surface area contributed by atoms with Gasteiger partial charge in [-0.25, -0.2) is 0 Å². The van der Waals surface area contributed by atoms with Crippen molar-refractivity contribution < 1.29 is 19.0 Å². The summed E-state index contributed by atoms with van der Waals surface area (Å²) < 4.78 is 17.0. The maximum atomic E-state index is 12.4. The van der Waals surface area contributed by atoms with E-state index in [-0.39, 0.29) is 18.6 Å². The Balaban J connectivity index is 1.46. The van der Waals surface area contributed by atoms with Gasteiger partial charge in [-0.1, -0.05) is 31.2 Å². The molecule has 1 aliphatic rings. The van der Waals surface area contributed by atoms with Crippen molar-refractivity contribution in [1.29, 1.82) is 0 Å². The van der Waals surface area contributed by atoms with Crippen LogP contribution in [0, 0.1) is 0 Å². The summed E-state index contributed by atoms with van der Waals surface area (Å²) in [7, 11) is 1.59. The fourth-order valence-electron chi connectivity index (χ4n) is 3.22. The molecule has 1 amide bonds. The van der Waals surface area contributed by atoms with Gasteiger partial charge in [0.25, 0.3) is 5.91 Å². The number of rotatable bonds is 7. The van der Waals surface area contributed by atoms with Gasteiger partial charge in [-0.3, -0.25) is 4.79 Å². The normalized spacial score (nSPS) is 14.7. The Morgan fingerprint density at radius 2 is 1.81 bits per heavy atom. The molecule has 5 nitrogen and oxygen atoms in total. The van der Waals surface area contributed by atoms with Gasteiger partial charge in [0.1, 0.15) is 11.9 Å². The van der Waals surface area contributed by atoms with Crippen molar-refractivity contribution in [2.75, 3.05) is 26.8 Å². The molecule has 0 radical (unpaired) electrons. The molecule has 0 spiro atoms.